The number of ether oxygens (including phenoxy) is 1. The smallest absolute Gasteiger partial charge is 0.410 e. The molecule has 5 rings (SSSR count). The van der Waals surface area contributed by atoms with E-state index in [9.17, 15) is 19.2 Å². The predicted molar refractivity (Wildman–Crippen MR) is 148 cm³/mol. The Kier molecular flexibility index (Phi) is 7.89. The number of rotatable bonds is 6. The highest BCUT2D eigenvalue weighted by atomic mass is 35.5. The average Bonchev–Trinajstić information content (AvgIpc) is 3.43. The minimum Gasteiger partial charge on any atom is -0.445 e. The molecule has 2 aromatic carbocycles. The molecule has 40 heavy (non-hydrogen) atoms. The maximum Gasteiger partial charge on any atom is 0.410 e. The number of aromatic nitrogens is 2. The van der Waals surface area contributed by atoms with Crippen molar-refractivity contribution in [1.29, 1.82) is 5.26 Å². The predicted octanol–water partition coefficient (Wildman–Crippen LogP) is 5.83. The molecule has 0 bridgehead atoms. The molecule has 0 N–H and O–H groups in total. The number of halogens is 2. The van der Waals surface area contributed by atoms with Crippen LogP contribution in [0.2, 0.25) is 5.02 Å². The molecule has 0 radical (unpaired) electrons. The van der Waals surface area contributed by atoms with Crippen molar-refractivity contribution in [3.63, 3.8) is 0 Å². The first-order valence-corrected chi connectivity index (χ1v) is 13.1. The van der Waals surface area contributed by atoms with E-state index in [4.69, 9.17) is 16.3 Å². The Labute approximate surface area is 235 Å². The van der Waals surface area contributed by atoms with E-state index in [1.54, 1.807) is 24.1 Å². The summed E-state index contributed by atoms with van der Waals surface area (Å²) in [6, 6.07) is 18.4. The monoisotopic (exact) mass is 557 g/mol. The van der Waals surface area contributed by atoms with E-state index in [1.807, 2.05) is 36.4 Å². The van der Waals surface area contributed by atoms with E-state index in [-0.39, 0.29) is 46.8 Å². The zero-order chi connectivity index (χ0) is 28.2. The van der Waals surface area contributed by atoms with Crippen LogP contribution < -0.4 is 0 Å². The van der Waals surface area contributed by atoms with Gasteiger partial charge < -0.3 is 14.5 Å². The molecule has 1 aliphatic rings. The third-order valence-electron chi connectivity index (χ3n) is 6.85. The third-order valence-corrected chi connectivity index (χ3v) is 7.14. The number of likely N-dealkylation sites (N-methyl/N-ethyl adjacent to an activating group) is 1. The van der Waals surface area contributed by atoms with Gasteiger partial charge in [-0.25, -0.2) is 14.2 Å². The van der Waals surface area contributed by atoms with E-state index in [0.717, 1.165) is 24.5 Å². The molecular weight excluding hydrogens is 533 g/mol. The fourth-order valence-corrected chi connectivity index (χ4v) is 5.09. The fourth-order valence-electron chi connectivity index (χ4n) is 4.87. The van der Waals surface area contributed by atoms with Gasteiger partial charge in [0.1, 0.15) is 17.9 Å². The normalized spacial score (nSPS) is 14.7. The highest BCUT2D eigenvalue weighted by Crippen LogP contribution is 2.29. The number of hydrogen-bond donors (Lipinski definition) is 0. The Morgan fingerprint density at radius 3 is 2.77 bits per heavy atom. The number of carbonyl (C=O) groups excluding carboxylic acids is 2. The van der Waals surface area contributed by atoms with Gasteiger partial charge in [0.15, 0.2) is 0 Å². The summed E-state index contributed by atoms with van der Waals surface area (Å²) >= 11 is 6.47. The SMILES string of the molecule is CN(C[C@@H]1CCCN1C(=O)OCc1ccccc1)C(=O)c1c(Cl)cnc2ccc(-c3cc(F)cc(C#N)c3)nc12. The molecule has 1 atom stereocenters. The average molecular weight is 558 g/mol. The zero-order valence-electron chi connectivity index (χ0n) is 21.7. The molecule has 202 valence electrons. The lowest BCUT2D eigenvalue weighted by atomic mass is 10.1. The number of nitrogens with zero attached hydrogens (tertiary/aromatic N) is 5. The highest BCUT2D eigenvalue weighted by Gasteiger charge is 2.32. The first-order valence-electron chi connectivity index (χ1n) is 12.7. The Balaban J connectivity index is 1.37. The first kappa shape index (κ1) is 27.0. The lowest BCUT2D eigenvalue weighted by Gasteiger charge is -2.28. The summed E-state index contributed by atoms with van der Waals surface area (Å²) in [4.78, 5) is 38.6. The summed E-state index contributed by atoms with van der Waals surface area (Å²) in [6.45, 7) is 0.989. The van der Waals surface area contributed by atoms with Gasteiger partial charge in [-0.2, -0.15) is 5.26 Å². The van der Waals surface area contributed by atoms with Crippen LogP contribution in [0, 0.1) is 17.1 Å². The summed E-state index contributed by atoms with van der Waals surface area (Å²) in [5.74, 6) is -0.955. The van der Waals surface area contributed by atoms with E-state index in [2.05, 4.69) is 9.97 Å². The van der Waals surface area contributed by atoms with Crippen LogP contribution in [0.15, 0.2) is 66.9 Å². The van der Waals surface area contributed by atoms with E-state index >= 15 is 0 Å². The number of carbonyl (C=O) groups is 2. The Morgan fingerprint density at radius 1 is 1.20 bits per heavy atom. The van der Waals surface area contributed by atoms with Crippen molar-refractivity contribution in [2.45, 2.75) is 25.5 Å². The summed E-state index contributed by atoms with van der Waals surface area (Å²) < 4.78 is 19.6. The van der Waals surface area contributed by atoms with Crippen LogP contribution in [0.1, 0.15) is 34.3 Å². The number of nitriles is 1. The highest BCUT2D eigenvalue weighted by molar-refractivity contribution is 6.35. The number of likely N-dealkylation sites (tertiary alicyclic amines) is 1. The van der Waals surface area contributed by atoms with E-state index in [0.29, 0.717) is 23.3 Å². The van der Waals surface area contributed by atoms with Gasteiger partial charge >= 0.3 is 6.09 Å². The van der Waals surface area contributed by atoms with Crippen molar-refractivity contribution >= 4 is 34.6 Å². The van der Waals surface area contributed by atoms with Gasteiger partial charge in [0.25, 0.3) is 5.91 Å². The number of fused-ring (bicyclic) bond motifs is 1. The van der Waals surface area contributed by atoms with Crippen LogP contribution in [0.3, 0.4) is 0 Å². The van der Waals surface area contributed by atoms with Crippen LogP contribution in [-0.4, -0.2) is 57.9 Å². The van der Waals surface area contributed by atoms with Gasteiger partial charge in [-0.05, 0) is 48.7 Å². The van der Waals surface area contributed by atoms with Crippen molar-refractivity contribution in [2.24, 2.45) is 0 Å². The molecule has 2 amide bonds. The van der Waals surface area contributed by atoms with Gasteiger partial charge in [0, 0.05) is 31.9 Å². The quantitative estimate of drug-likeness (QED) is 0.295. The maximum absolute atomic E-state index is 14.1. The van der Waals surface area contributed by atoms with Gasteiger partial charge in [-0.1, -0.05) is 41.9 Å². The largest absolute Gasteiger partial charge is 0.445 e. The minimum atomic E-state index is -0.570. The first-order chi connectivity index (χ1) is 19.3. The Morgan fingerprint density at radius 2 is 2.00 bits per heavy atom. The molecule has 1 fully saturated rings. The van der Waals surface area contributed by atoms with Crippen LogP contribution in [0.5, 0.6) is 0 Å². The molecule has 4 aromatic rings. The summed E-state index contributed by atoms with van der Waals surface area (Å²) in [6.07, 6.45) is 2.50. The van der Waals surface area contributed by atoms with Crippen molar-refractivity contribution in [3.8, 4) is 17.3 Å². The number of amides is 2. The molecular formula is C30H25ClFN5O3. The molecule has 2 aromatic heterocycles. The lowest BCUT2D eigenvalue weighted by Crippen LogP contribution is -2.44. The van der Waals surface area contributed by atoms with Gasteiger partial charge in [-0.3, -0.25) is 9.78 Å². The van der Waals surface area contributed by atoms with Crippen molar-refractivity contribution in [2.75, 3.05) is 20.1 Å². The molecule has 0 unspecified atom stereocenters. The second-order valence-electron chi connectivity index (χ2n) is 9.60. The molecule has 1 saturated heterocycles. The molecule has 8 nitrogen and oxygen atoms in total. The molecule has 0 saturated carbocycles. The second kappa shape index (κ2) is 11.7. The van der Waals surface area contributed by atoms with Crippen LogP contribution >= 0.6 is 11.6 Å². The van der Waals surface area contributed by atoms with Crippen molar-refractivity contribution in [1.82, 2.24) is 19.8 Å². The summed E-state index contributed by atoms with van der Waals surface area (Å²) in [7, 11) is 1.65. The number of benzene rings is 2. The maximum atomic E-state index is 14.1. The third kappa shape index (κ3) is 5.72. The standard InChI is InChI=1S/C30H25ClFN5O3/c1-36(17-23-8-5-11-37(23)30(39)40-18-19-6-3-2-4-7-19)29(38)27-24(31)16-34-26-10-9-25(35-28(26)27)21-12-20(15-33)13-22(32)14-21/h2-4,6-7,9-10,12-14,16,23H,5,8,11,17-18H2,1H3/t23-/m0/s1. The Bertz CT molecular complexity index is 1630. The zero-order valence-corrected chi connectivity index (χ0v) is 22.4. The van der Waals surface area contributed by atoms with Gasteiger partial charge in [0.2, 0.25) is 0 Å². The van der Waals surface area contributed by atoms with Crippen molar-refractivity contribution < 1.29 is 18.7 Å². The number of hydrogen-bond acceptors (Lipinski definition) is 6. The topological polar surface area (TPSA) is 99.4 Å². The van der Waals surface area contributed by atoms with Crippen LogP contribution in [-0.2, 0) is 11.3 Å². The van der Waals surface area contributed by atoms with Gasteiger partial charge in [-0.15, -0.1) is 0 Å². The number of pyridine rings is 2. The summed E-state index contributed by atoms with van der Waals surface area (Å²) in [5.41, 5.74) is 2.66. The second-order valence-corrected chi connectivity index (χ2v) is 10.0. The van der Waals surface area contributed by atoms with Crippen LogP contribution in [0.4, 0.5) is 9.18 Å². The Hall–Kier alpha value is -4.55. The summed E-state index contributed by atoms with van der Waals surface area (Å²) in [5, 5.41) is 9.35. The molecule has 10 heteroatoms. The van der Waals surface area contributed by atoms with E-state index < -0.39 is 11.9 Å². The minimum absolute atomic E-state index is 0.122. The molecule has 0 spiro atoms. The van der Waals surface area contributed by atoms with Crippen molar-refractivity contribution in [3.05, 3.63) is 94.4 Å². The van der Waals surface area contributed by atoms with Gasteiger partial charge in [0.05, 0.1) is 39.5 Å². The molecule has 1 aliphatic heterocycles. The van der Waals surface area contributed by atoms with E-state index in [1.165, 1.54) is 23.2 Å². The van der Waals surface area contributed by atoms with Crippen LogP contribution in [0.25, 0.3) is 22.3 Å². The molecule has 0 aliphatic carbocycles. The fraction of sp³-hybridized carbons (Fsp3) is 0.233. The molecule has 3 heterocycles. The lowest BCUT2D eigenvalue weighted by molar-refractivity contribution is 0.0692.